The van der Waals surface area contributed by atoms with Crippen LogP contribution in [0.25, 0.3) is 0 Å². The Labute approximate surface area is 156 Å². The molecule has 1 aromatic rings. The summed E-state index contributed by atoms with van der Waals surface area (Å²) in [5.41, 5.74) is 2.71. The second-order valence-electron chi connectivity index (χ2n) is 4.46. The molecule has 0 aromatic heterocycles. The molecule has 0 N–H and O–H groups in total. The standard InChI is InChI=1S/C15H18N.3ClH.Ti/c1-16(2)12-15(14-10-6-7-11-14)13-8-4-3-5-9-13;;;;/h3-6,8-10,15H,7,12H2,1-2H3;3*1H;/q-1;;;;. The van der Waals surface area contributed by atoms with Gasteiger partial charge in [0.15, 0.2) is 0 Å². The maximum atomic E-state index is 3.44. The Hall–Kier alpha value is 0.244. The van der Waals surface area contributed by atoms with Gasteiger partial charge in [0.1, 0.15) is 0 Å². The van der Waals surface area contributed by atoms with Crippen molar-refractivity contribution in [3.05, 3.63) is 59.7 Å². The van der Waals surface area contributed by atoms with Gasteiger partial charge in [-0.25, -0.2) is 11.6 Å². The SMILES string of the molecule is CN(C)CC(C1=[C-]CC=C1)c1ccccc1.Cl.Cl.Cl.[Ti]. The smallest absolute Gasteiger partial charge is 0.00557 e. The molecular formula is C15H21Cl3NTi-. The van der Waals surface area contributed by atoms with Crippen molar-refractivity contribution in [2.75, 3.05) is 20.6 Å². The van der Waals surface area contributed by atoms with Crippen LogP contribution in [0.2, 0.25) is 0 Å². The minimum absolute atomic E-state index is 0. The Morgan fingerprint density at radius 3 is 2.15 bits per heavy atom. The molecule has 2 rings (SSSR count). The van der Waals surface area contributed by atoms with Gasteiger partial charge in [0.2, 0.25) is 0 Å². The second-order valence-corrected chi connectivity index (χ2v) is 4.46. The van der Waals surface area contributed by atoms with Gasteiger partial charge in [-0.05, 0) is 25.6 Å². The number of nitrogens with zero attached hydrogens (tertiary/aromatic N) is 1. The van der Waals surface area contributed by atoms with Gasteiger partial charge in [0, 0.05) is 28.3 Å². The van der Waals surface area contributed by atoms with Crippen LogP contribution in [-0.4, -0.2) is 25.5 Å². The van der Waals surface area contributed by atoms with Gasteiger partial charge in [-0.15, -0.1) is 43.6 Å². The van der Waals surface area contributed by atoms with E-state index in [9.17, 15) is 0 Å². The van der Waals surface area contributed by atoms with E-state index >= 15 is 0 Å². The molecule has 0 bridgehead atoms. The molecular weight excluding hydrogens is 348 g/mol. The van der Waals surface area contributed by atoms with E-state index in [0.29, 0.717) is 5.92 Å². The van der Waals surface area contributed by atoms with Crippen LogP contribution in [0.3, 0.4) is 0 Å². The molecule has 1 unspecified atom stereocenters. The van der Waals surface area contributed by atoms with E-state index in [-0.39, 0.29) is 58.9 Å². The number of hydrogen-bond donors (Lipinski definition) is 0. The molecule has 0 aliphatic heterocycles. The summed E-state index contributed by atoms with van der Waals surface area (Å²) in [6.45, 7) is 1.04. The number of likely N-dealkylation sites (N-methyl/N-ethyl adjacent to an activating group) is 1. The van der Waals surface area contributed by atoms with Gasteiger partial charge >= 0.3 is 0 Å². The van der Waals surface area contributed by atoms with Crippen LogP contribution in [0.5, 0.6) is 0 Å². The van der Waals surface area contributed by atoms with Crippen molar-refractivity contribution in [1.82, 2.24) is 4.90 Å². The van der Waals surface area contributed by atoms with Crippen LogP contribution in [0.1, 0.15) is 17.9 Å². The third-order valence-electron chi connectivity index (χ3n) is 2.85. The van der Waals surface area contributed by atoms with Crippen LogP contribution in [0.15, 0.2) is 48.1 Å². The molecule has 0 fully saturated rings. The third kappa shape index (κ3) is 7.31. The summed E-state index contributed by atoms with van der Waals surface area (Å²) in [4.78, 5) is 2.23. The van der Waals surface area contributed by atoms with Crippen molar-refractivity contribution in [3.8, 4) is 0 Å². The molecule has 5 heteroatoms. The molecule has 1 aromatic carbocycles. The van der Waals surface area contributed by atoms with Gasteiger partial charge in [-0.3, -0.25) is 6.08 Å². The van der Waals surface area contributed by atoms with E-state index < -0.39 is 0 Å². The number of hydrogen-bond acceptors (Lipinski definition) is 1. The topological polar surface area (TPSA) is 3.24 Å². The van der Waals surface area contributed by atoms with E-state index in [1.807, 2.05) is 0 Å². The third-order valence-corrected chi connectivity index (χ3v) is 2.85. The van der Waals surface area contributed by atoms with Crippen LogP contribution < -0.4 is 0 Å². The normalized spacial score (nSPS) is 13.2. The minimum Gasteiger partial charge on any atom is -0.309 e. The predicted molar refractivity (Wildman–Crippen MR) is 90.0 cm³/mol. The van der Waals surface area contributed by atoms with Gasteiger partial charge in [0.25, 0.3) is 0 Å². The molecule has 1 aliphatic carbocycles. The van der Waals surface area contributed by atoms with Crippen LogP contribution >= 0.6 is 37.2 Å². The van der Waals surface area contributed by atoms with Crippen LogP contribution in [0, 0.1) is 6.08 Å². The van der Waals surface area contributed by atoms with Crippen LogP contribution in [0.4, 0.5) is 0 Å². The summed E-state index contributed by atoms with van der Waals surface area (Å²) in [5.74, 6) is 0.454. The Bertz CT molecular complexity index is 405. The van der Waals surface area contributed by atoms with E-state index in [2.05, 4.69) is 67.6 Å². The molecule has 0 saturated heterocycles. The molecule has 112 valence electrons. The number of allylic oxidation sites excluding steroid dienone is 3. The van der Waals surface area contributed by atoms with Crippen molar-refractivity contribution in [2.45, 2.75) is 12.3 Å². The quantitative estimate of drug-likeness (QED) is 0.565. The predicted octanol–water partition coefficient (Wildman–Crippen LogP) is 4.28. The van der Waals surface area contributed by atoms with Crippen LogP contribution in [-0.2, 0) is 21.7 Å². The van der Waals surface area contributed by atoms with Gasteiger partial charge < -0.3 is 4.90 Å². The first-order valence-corrected chi connectivity index (χ1v) is 5.74. The first-order valence-electron chi connectivity index (χ1n) is 5.74. The molecule has 1 aliphatic rings. The van der Waals surface area contributed by atoms with Crippen molar-refractivity contribution >= 4 is 37.2 Å². The van der Waals surface area contributed by atoms with Crippen molar-refractivity contribution in [3.63, 3.8) is 0 Å². The second kappa shape index (κ2) is 12.9. The average Bonchev–Trinajstić information content (AvgIpc) is 2.80. The fourth-order valence-electron chi connectivity index (χ4n) is 2.09. The van der Waals surface area contributed by atoms with E-state index in [0.717, 1.165) is 13.0 Å². The van der Waals surface area contributed by atoms with Crippen molar-refractivity contribution < 1.29 is 21.7 Å². The van der Waals surface area contributed by atoms with Gasteiger partial charge in [-0.1, -0.05) is 30.3 Å². The van der Waals surface area contributed by atoms with Crippen molar-refractivity contribution in [1.29, 1.82) is 0 Å². The zero-order chi connectivity index (χ0) is 11.4. The number of rotatable bonds is 4. The molecule has 0 heterocycles. The summed E-state index contributed by atoms with van der Waals surface area (Å²) in [6.07, 6.45) is 8.79. The first-order chi connectivity index (χ1) is 7.77. The number of benzene rings is 1. The van der Waals surface area contributed by atoms with E-state index in [4.69, 9.17) is 0 Å². The Balaban J connectivity index is -0.000000722. The fourth-order valence-corrected chi connectivity index (χ4v) is 2.09. The molecule has 0 spiro atoms. The maximum absolute atomic E-state index is 3.44. The van der Waals surface area contributed by atoms with E-state index in [1.165, 1.54) is 11.1 Å². The largest absolute Gasteiger partial charge is 0.309 e. The summed E-state index contributed by atoms with van der Waals surface area (Å²) in [6, 6.07) is 10.7. The van der Waals surface area contributed by atoms with Gasteiger partial charge in [0.05, 0.1) is 0 Å². The molecule has 20 heavy (non-hydrogen) atoms. The van der Waals surface area contributed by atoms with Crippen molar-refractivity contribution in [2.24, 2.45) is 0 Å². The summed E-state index contributed by atoms with van der Waals surface area (Å²) in [7, 11) is 4.24. The Kier molecular flexibility index (Phi) is 16.3. The summed E-state index contributed by atoms with van der Waals surface area (Å²) < 4.78 is 0. The molecule has 0 amide bonds. The summed E-state index contributed by atoms with van der Waals surface area (Å²) in [5, 5.41) is 0. The Morgan fingerprint density at radius 2 is 1.70 bits per heavy atom. The molecule has 1 nitrogen and oxygen atoms in total. The molecule has 0 saturated carbocycles. The van der Waals surface area contributed by atoms with Gasteiger partial charge in [-0.2, -0.15) is 6.08 Å². The minimum atomic E-state index is 0. The monoisotopic (exact) mass is 368 g/mol. The zero-order valence-electron chi connectivity index (χ0n) is 11.7. The first kappa shape index (κ1) is 25.2. The average molecular weight is 370 g/mol. The molecule has 0 radical (unpaired) electrons. The summed E-state index contributed by atoms with van der Waals surface area (Å²) >= 11 is 0. The fraction of sp³-hybridized carbons (Fsp3) is 0.333. The molecule has 1 atom stereocenters. The van der Waals surface area contributed by atoms with E-state index in [1.54, 1.807) is 0 Å². The number of halogens is 3. The zero-order valence-corrected chi connectivity index (χ0v) is 15.7. The Morgan fingerprint density at radius 1 is 1.10 bits per heavy atom. The maximum Gasteiger partial charge on any atom is 0.00557 e.